The first-order valence-corrected chi connectivity index (χ1v) is 5.02. The van der Waals surface area contributed by atoms with Gasteiger partial charge in [0.1, 0.15) is 5.84 Å². The first-order valence-electron chi connectivity index (χ1n) is 5.02. The fourth-order valence-corrected chi connectivity index (χ4v) is 1.39. The lowest BCUT2D eigenvalue weighted by atomic mass is 10.2. The maximum Gasteiger partial charge on any atom is 0.230 e. The van der Waals surface area contributed by atoms with E-state index in [0.29, 0.717) is 5.88 Å². The summed E-state index contributed by atoms with van der Waals surface area (Å²) in [6, 6.07) is 11.7. The third-order valence-electron chi connectivity index (χ3n) is 2.14. The van der Waals surface area contributed by atoms with Gasteiger partial charge in [0.25, 0.3) is 0 Å². The Kier molecular flexibility index (Phi) is 3.00. The van der Waals surface area contributed by atoms with E-state index in [2.05, 4.69) is 15.5 Å². The minimum absolute atomic E-state index is 0.599. The quantitative estimate of drug-likeness (QED) is 0.618. The summed E-state index contributed by atoms with van der Waals surface area (Å²) in [5.41, 5.74) is 1.85. The predicted octanol–water partition coefficient (Wildman–Crippen LogP) is 2.47. The van der Waals surface area contributed by atoms with Crippen LogP contribution in [0.3, 0.4) is 0 Å². The second-order valence-corrected chi connectivity index (χ2v) is 3.40. The van der Waals surface area contributed by atoms with Crippen molar-refractivity contribution in [2.75, 3.05) is 12.4 Å². The third kappa shape index (κ3) is 2.28. The van der Waals surface area contributed by atoms with Crippen LogP contribution >= 0.6 is 0 Å². The summed E-state index contributed by atoms with van der Waals surface area (Å²) in [6.45, 7) is 1.87. The minimum Gasteiger partial charge on any atom is -0.338 e. The molecule has 16 heavy (non-hydrogen) atoms. The van der Waals surface area contributed by atoms with E-state index in [-0.39, 0.29) is 0 Å². The summed E-state index contributed by atoms with van der Waals surface area (Å²) >= 11 is 0. The standard InChI is InChI=1S/C12H13N3O/c1-9-8-11(16-15-9)14-12(13-2)10-6-4-3-5-7-10/h3-8H,1-2H3,(H,13,14). The van der Waals surface area contributed by atoms with Crippen molar-refractivity contribution < 1.29 is 4.52 Å². The number of aryl methyl sites for hydroxylation is 1. The molecule has 0 unspecified atom stereocenters. The topological polar surface area (TPSA) is 50.4 Å². The Morgan fingerprint density at radius 3 is 2.62 bits per heavy atom. The van der Waals surface area contributed by atoms with E-state index in [1.54, 1.807) is 7.05 Å². The lowest BCUT2D eigenvalue weighted by Crippen LogP contribution is -2.12. The molecule has 0 spiro atoms. The second kappa shape index (κ2) is 4.61. The molecular weight excluding hydrogens is 202 g/mol. The molecule has 0 aliphatic rings. The smallest absolute Gasteiger partial charge is 0.230 e. The van der Waals surface area contributed by atoms with E-state index in [9.17, 15) is 0 Å². The van der Waals surface area contributed by atoms with Crippen LogP contribution < -0.4 is 5.32 Å². The molecule has 2 rings (SSSR count). The molecule has 0 amide bonds. The van der Waals surface area contributed by atoms with E-state index in [1.807, 2.05) is 43.3 Å². The zero-order valence-electron chi connectivity index (χ0n) is 9.27. The third-order valence-corrected chi connectivity index (χ3v) is 2.14. The van der Waals surface area contributed by atoms with Crippen LogP contribution in [-0.2, 0) is 0 Å². The second-order valence-electron chi connectivity index (χ2n) is 3.40. The summed E-state index contributed by atoms with van der Waals surface area (Å²) in [5, 5.41) is 6.89. The Morgan fingerprint density at radius 1 is 1.31 bits per heavy atom. The molecule has 1 aromatic carbocycles. The molecule has 0 radical (unpaired) electrons. The molecule has 1 aromatic heterocycles. The molecule has 0 bridgehead atoms. The average Bonchev–Trinajstić information content (AvgIpc) is 2.73. The summed E-state index contributed by atoms with van der Waals surface area (Å²) in [4.78, 5) is 4.18. The van der Waals surface area contributed by atoms with Gasteiger partial charge < -0.3 is 9.84 Å². The number of amidine groups is 1. The maximum atomic E-state index is 5.08. The van der Waals surface area contributed by atoms with Gasteiger partial charge in [-0.15, -0.1) is 0 Å². The molecule has 0 fully saturated rings. The largest absolute Gasteiger partial charge is 0.338 e. The number of hydrogen-bond acceptors (Lipinski definition) is 3. The monoisotopic (exact) mass is 215 g/mol. The van der Waals surface area contributed by atoms with E-state index >= 15 is 0 Å². The Bertz CT molecular complexity index is 488. The Morgan fingerprint density at radius 2 is 2.06 bits per heavy atom. The molecule has 0 saturated carbocycles. The van der Waals surface area contributed by atoms with Gasteiger partial charge in [0.05, 0.1) is 5.69 Å². The molecule has 4 nitrogen and oxygen atoms in total. The highest BCUT2D eigenvalue weighted by Crippen LogP contribution is 2.11. The molecule has 1 N–H and O–H groups in total. The van der Waals surface area contributed by atoms with Crippen molar-refractivity contribution in [3.8, 4) is 0 Å². The van der Waals surface area contributed by atoms with Gasteiger partial charge >= 0.3 is 0 Å². The first kappa shape index (κ1) is 10.4. The van der Waals surface area contributed by atoms with Gasteiger partial charge in [-0.3, -0.25) is 4.99 Å². The summed E-state index contributed by atoms with van der Waals surface area (Å²) in [6.07, 6.45) is 0. The zero-order valence-corrected chi connectivity index (χ0v) is 9.27. The number of nitrogens with zero attached hydrogens (tertiary/aromatic N) is 2. The van der Waals surface area contributed by atoms with Crippen molar-refractivity contribution >= 4 is 11.7 Å². The van der Waals surface area contributed by atoms with E-state index < -0.39 is 0 Å². The Hall–Kier alpha value is -2.10. The van der Waals surface area contributed by atoms with Gasteiger partial charge in [-0.25, -0.2) is 0 Å². The van der Waals surface area contributed by atoms with E-state index in [1.165, 1.54) is 0 Å². The number of aliphatic imine (C=N–C) groups is 1. The van der Waals surface area contributed by atoms with Gasteiger partial charge in [0.15, 0.2) is 0 Å². The van der Waals surface area contributed by atoms with Crippen LogP contribution in [0.4, 0.5) is 5.88 Å². The molecule has 0 atom stereocenters. The molecule has 1 heterocycles. The Labute approximate surface area is 94.0 Å². The van der Waals surface area contributed by atoms with Crippen LogP contribution in [0, 0.1) is 6.92 Å². The number of benzene rings is 1. The van der Waals surface area contributed by atoms with Crippen LogP contribution in [0.5, 0.6) is 0 Å². The number of rotatable bonds is 2. The van der Waals surface area contributed by atoms with Gasteiger partial charge in [-0.05, 0) is 6.92 Å². The van der Waals surface area contributed by atoms with Gasteiger partial charge in [0, 0.05) is 18.7 Å². The molecule has 2 aromatic rings. The lowest BCUT2D eigenvalue weighted by Gasteiger charge is -2.05. The van der Waals surface area contributed by atoms with Crippen molar-refractivity contribution in [3.05, 3.63) is 47.7 Å². The van der Waals surface area contributed by atoms with E-state index in [0.717, 1.165) is 17.1 Å². The van der Waals surface area contributed by atoms with Crippen molar-refractivity contribution in [1.82, 2.24) is 5.16 Å². The molecule has 0 saturated heterocycles. The number of hydrogen-bond donors (Lipinski definition) is 1. The van der Waals surface area contributed by atoms with Gasteiger partial charge in [-0.1, -0.05) is 35.5 Å². The lowest BCUT2D eigenvalue weighted by molar-refractivity contribution is 0.430. The highest BCUT2D eigenvalue weighted by molar-refractivity contribution is 6.07. The highest BCUT2D eigenvalue weighted by atomic mass is 16.5. The minimum atomic E-state index is 0.599. The average molecular weight is 215 g/mol. The maximum absolute atomic E-state index is 5.08. The zero-order chi connectivity index (χ0) is 11.4. The molecule has 82 valence electrons. The van der Waals surface area contributed by atoms with Crippen molar-refractivity contribution in [3.63, 3.8) is 0 Å². The fourth-order valence-electron chi connectivity index (χ4n) is 1.39. The van der Waals surface area contributed by atoms with Crippen LogP contribution in [0.25, 0.3) is 0 Å². The summed E-state index contributed by atoms with van der Waals surface area (Å²) < 4.78 is 5.08. The van der Waals surface area contributed by atoms with Crippen molar-refractivity contribution in [2.24, 2.45) is 4.99 Å². The fraction of sp³-hybridized carbons (Fsp3) is 0.167. The number of anilines is 1. The molecule has 0 aliphatic heterocycles. The normalized spacial score (nSPS) is 11.5. The highest BCUT2D eigenvalue weighted by Gasteiger charge is 2.05. The van der Waals surface area contributed by atoms with Crippen LogP contribution in [0.15, 0.2) is 45.9 Å². The summed E-state index contributed by atoms with van der Waals surface area (Å²) in [7, 11) is 1.73. The van der Waals surface area contributed by atoms with E-state index in [4.69, 9.17) is 4.52 Å². The predicted molar refractivity (Wildman–Crippen MR) is 63.8 cm³/mol. The van der Waals surface area contributed by atoms with Crippen molar-refractivity contribution in [1.29, 1.82) is 0 Å². The molecule has 0 aliphatic carbocycles. The summed E-state index contributed by atoms with van der Waals surface area (Å²) in [5.74, 6) is 1.36. The van der Waals surface area contributed by atoms with Gasteiger partial charge in [-0.2, -0.15) is 0 Å². The first-order chi connectivity index (χ1) is 7.79. The van der Waals surface area contributed by atoms with Crippen LogP contribution in [0.2, 0.25) is 0 Å². The van der Waals surface area contributed by atoms with Gasteiger partial charge in [0.2, 0.25) is 5.88 Å². The van der Waals surface area contributed by atoms with Crippen LogP contribution in [-0.4, -0.2) is 18.0 Å². The van der Waals surface area contributed by atoms with Crippen molar-refractivity contribution in [2.45, 2.75) is 6.92 Å². The van der Waals surface area contributed by atoms with Crippen LogP contribution in [0.1, 0.15) is 11.3 Å². The Balaban J connectivity index is 2.20. The molecule has 4 heteroatoms. The SMILES string of the molecule is CN=C(Nc1cc(C)no1)c1ccccc1. The molecular formula is C12H13N3O. The number of nitrogens with one attached hydrogen (secondary N) is 1. The number of aromatic nitrogens is 1.